The SMILES string of the molecule is CC1COCCN1S(=O)(=O)c1ccc2c(c1)oc(=O)n2C. The molecule has 0 saturated carbocycles. The van der Waals surface area contributed by atoms with Crippen molar-refractivity contribution in [2.24, 2.45) is 7.05 Å². The van der Waals surface area contributed by atoms with Crippen molar-refractivity contribution in [1.82, 2.24) is 8.87 Å². The van der Waals surface area contributed by atoms with Gasteiger partial charge in [-0.1, -0.05) is 0 Å². The first-order chi connectivity index (χ1) is 9.91. The molecule has 3 rings (SSSR count). The third-order valence-corrected chi connectivity index (χ3v) is 5.69. The van der Waals surface area contributed by atoms with Crippen LogP contribution in [0.3, 0.4) is 0 Å². The fraction of sp³-hybridized carbons (Fsp3) is 0.462. The molecule has 7 nitrogen and oxygen atoms in total. The third-order valence-electron chi connectivity index (χ3n) is 3.68. The van der Waals surface area contributed by atoms with Gasteiger partial charge >= 0.3 is 5.76 Å². The van der Waals surface area contributed by atoms with Crippen molar-refractivity contribution in [1.29, 1.82) is 0 Å². The Morgan fingerprint density at radius 2 is 2.10 bits per heavy atom. The average Bonchev–Trinajstić information content (AvgIpc) is 2.74. The molecule has 1 unspecified atom stereocenters. The van der Waals surface area contributed by atoms with E-state index in [1.807, 2.05) is 0 Å². The summed E-state index contributed by atoms with van der Waals surface area (Å²) in [5.74, 6) is -0.515. The molecule has 0 amide bonds. The van der Waals surface area contributed by atoms with E-state index >= 15 is 0 Å². The topological polar surface area (TPSA) is 81.8 Å². The van der Waals surface area contributed by atoms with Crippen molar-refractivity contribution in [3.8, 4) is 0 Å². The average molecular weight is 312 g/mol. The van der Waals surface area contributed by atoms with Crippen LogP contribution in [0.2, 0.25) is 0 Å². The Morgan fingerprint density at radius 3 is 2.81 bits per heavy atom. The van der Waals surface area contributed by atoms with E-state index in [-0.39, 0.29) is 16.5 Å². The van der Waals surface area contributed by atoms with Crippen LogP contribution < -0.4 is 5.76 Å². The lowest BCUT2D eigenvalue weighted by Gasteiger charge is -2.32. The Bertz CT molecular complexity index is 836. The van der Waals surface area contributed by atoms with Crippen LogP contribution in [-0.2, 0) is 21.8 Å². The molecule has 0 radical (unpaired) electrons. The van der Waals surface area contributed by atoms with Crippen LogP contribution in [0.1, 0.15) is 6.92 Å². The van der Waals surface area contributed by atoms with Crippen molar-refractivity contribution >= 4 is 21.1 Å². The summed E-state index contributed by atoms with van der Waals surface area (Å²) in [5.41, 5.74) is 0.832. The maximum atomic E-state index is 12.7. The van der Waals surface area contributed by atoms with E-state index in [9.17, 15) is 13.2 Å². The second-order valence-electron chi connectivity index (χ2n) is 5.10. The van der Waals surface area contributed by atoms with Gasteiger partial charge in [0.2, 0.25) is 10.0 Å². The summed E-state index contributed by atoms with van der Waals surface area (Å²) in [7, 11) is -2.05. The minimum atomic E-state index is -3.62. The number of fused-ring (bicyclic) bond motifs is 1. The molecular weight excluding hydrogens is 296 g/mol. The molecule has 114 valence electrons. The summed E-state index contributed by atoms with van der Waals surface area (Å²) in [4.78, 5) is 11.6. The number of hydrogen-bond donors (Lipinski definition) is 0. The predicted octanol–water partition coefficient (Wildman–Crippen LogP) is 0.541. The van der Waals surface area contributed by atoms with Crippen LogP contribution in [0.25, 0.3) is 11.1 Å². The highest BCUT2D eigenvalue weighted by atomic mass is 32.2. The largest absolute Gasteiger partial charge is 0.419 e. The molecule has 2 aromatic rings. The monoisotopic (exact) mass is 312 g/mol. The molecule has 0 spiro atoms. The summed E-state index contributed by atoms with van der Waals surface area (Å²) in [5, 5.41) is 0. The molecule has 0 aliphatic carbocycles. The van der Waals surface area contributed by atoms with Crippen molar-refractivity contribution < 1.29 is 17.6 Å². The predicted molar refractivity (Wildman–Crippen MR) is 75.6 cm³/mol. The minimum absolute atomic E-state index is 0.123. The number of ether oxygens (including phenoxy) is 1. The number of benzene rings is 1. The smallest absolute Gasteiger partial charge is 0.408 e. The molecule has 0 N–H and O–H groups in total. The van der Waals surface area contributed by atoms with Crippen LogP contribution in [0.5, 0.6) is 0 Å². The summed E-state index contributed by atoms with van der Waals surface area (Å²) >= 11 is 0. The van der Waals surface area contributed by atoms with E-state index in [4.69, 9.17) is 9.15 Å². The van der Waals surface area contributed by atoms with Crippen molar-refractivity contribution in [2.45, 2.75) is 17.9 Å². The molecule has 1 aromatic carbocycles. The van der Waals surface area contributed by atoms with E-state index < -0.39 is 15.8 Å². The first kappa shape index (κ1) is 14.3. The Morgan fingerprint density at radius 1 is 1.33 bits per heavy atom. The number of hydrogen-bond acceptors (Lipinski definition) is 5. The lowest BCUT2D eigenvalue weighted by atomic mass is 10.3. The number of morpholine rings is 1. The van der Waals surface area contributed by atoms with Crippen LogP contribution in [0, 0.1) is 0 Å². The van der Waals surface area contributed by atoms with Crippen molar-refractivity contribution in [3.05, 3.63) is 28.7 Å². The van der Waals surface area contributed by atoms with Gasteiger partial charge in [-0.05, 0) is 19.1 Å². The van der Waals surface area contributed by atoms with E-state index in [2.05, 4.69) is 0 Å². The van der Waals surface area contributed by atoms with Gasteiger partial charge in [-0.15, -0.1) is 0 Å². The Kier molecular flexibility index (Phi) is 3.39. The molecular formula is C13H16N2O5S. The number of sulfonamides is 1. The normalized spacial score (nSPS) is 21.0. The van der Waals surface area contributed by atoms with Gasteiger partial charge in [0.15, 0.2) is 5.58 Å². The first-order valence-electron chi connectivity index (χ1n) is 6.60. The van der Waals surface area contributed by atoms with E-state index in [1.54, 1.807) is 20.0 Å². The van der Waals surface area contributed by atoms with Gasteiger partial charge in [-0.3, -0.25) is 4.57 Å². The van der Waals surface area contributed by atoms with Gasteiger partial charge in [0, 0.05) is 25.7 Å². The summed E-state index contributed by atoms with van der Waals surface area (Å²) in [6.07, 6.45) is 0. The molecule has 1 atom stereocenters. The number of nitrogens with zero attached hydrogens (tertiary/aromatic N) is 2. The Balaban J connectivity index is 2.08. The molecule has 1 fully saturated rings. The third kappa shape index (κ3) is 2.29. The number of aromatic nitrogens is 1. The Labute approximate surface area is 121 Å². The number of aryl methyl sites for hydroxylation is 1. The zero-order chi connectivity index (χ0) is 15.2. The molecule has 2 heterocycles. The highest BCUT2D eigenvalue weighted by Gasteiger charge is 2.31. The summed E-state index contributed by atoms with van der Waals surface area (Å²) in [6.45, 7) is 2.88. The van der Waals surface area contributed by atoms with E-state index in [1.165, 1.54) is 21.0 Å². The van der Waals surface area contributed by atoms with E-state index in [0.717, 1.165) is 0 Å². The summed E-state index contributed by atoms with van der Waals surface area (Å²) < 4.78 is 38.4. The summed E-state index contributed by atoms with van der Waals surface area (Å²) in [6, 6.07) is 4.25. The zero-order valence-corrected chi connectivity index (χ0v) is 12.6. The zero-order valence-electron chi connectivity index (χ0n) is 11.8. The van der Waals surface area contributed by atoms with Crippen LogP contribution in [0.4, 0.5) is 0 Å². The van der Waals surface area contributed by atoms with Gasteiger partial charge in [-0.2, -0.15) is 4.31 Å². The molecule has 0 bridgehead atoms. The molecule has 1 aromatic heterocycles. The van der Waals surface area contributed by atoms with E-state index in [0.29, 0.717) is 25.3 Å². The molecule has 8 heteroatoms. The number of oxazole rings is 1. The second-order valence-corrected chi connectivity index (χ2v) is 6.99. The maximum absolute atomic E-state index is 12.7. The Hall–Kier alpha value is -1.64. The second kappa shape index (κ2) is 4.97. The molecule has 21 heavy (non-hydrogen) atoms. The van der Waals surface area contributed by atoms with Crippen LogP contribution in [-0.4, -0.2) is 43.1 Å². The van der Waals surface area contributed by atoms with Gasteiger partial charge in [0.05, 0.1) is 23.6 Å². The maximum Gasteiger partial charge on any atom is 0.419 e. The highest BCUT2D eigenvalue weighted by molar-refractivity contribution is 7.89. The van der Waals surface area contributed by atoms with Gasteiger partial charge in [0.1, 0.15) is 0 Å². The quantitative estimate of drug-likeness (QED) is 0.808. The van der Waals surface area contributed by atoms with Gasteiger partial charge in [0.25, 0.3) is 0 Å². The van der Waals surface area contributed by atoms with Crippen molar-refractivity contribution in [3.63, 3.8) is 0 Å². The minimum Gasteiger partial charge on any atom is -0.408 e. The van der Waals surface area contributed by atoms with Crippen LogP contribution >= 0.6 is 0 Å². The lowest BCUT2D eigenvalue weighted by Crippen LogP contribution is -2.46. The fourth-order valence-corrected chi connectivity index (χ4v) is 4.10. The number of rotatable bonds is 2. The first-order valence-corrected chi connectivity index (χ1v) is 8.04. The van der Waals surface area contributed by atoms with Crippen molar-refractivity contribution in [2.75, 3.05) is 19.8 Å². The molecule has 1 saturated heterocycles. The lowest BCUT2D eigenvalue weighted by molar-refractivity contribution is 0.0393. The molecule has 1 aliphatic rings. The van der Waals surface area contributed by atoms with Crippen LogP contribution in [0.15, 0.2) is 32.3 Å². The van der Waals surface area contributed by atoms with Gasteiger partial charge in [-0.25, -0.2) is 13.2 Å². The highest BCUT2D eigenvalue weighted by Crippen LogP contribution is 2.23. The standard InChI is InChI=1S/C13H16N2O5S/c1-9-8-19-6-5-15(9)21(17,18)10-3-4-11-12(7-10)20-13(16)14(11)2/h3-4,7,9H,5-6,8H2,1-2H3. The molecule has 1 aliphatic heterocycles. The fourth-order valence-electron chi connectivity index (χ4n) is 2.48. The van der Waals surface area contributed by atoms with Gasteiger partial charge < -0.3 is 9.15 Å².